The molecular weight excluding hydrogens is 354 g/mol. The van der Waals surface area contributed by atoms with Gasteiger partial charge in [-0.1, -0.05) is 30.3 Å². The Morgan fingerprint density at radius 1 is 1.26 bits per heavy atom. The molecule has 3 fully saturated rings. The Hall–Kier alpha value is -1.57. The average molecular weight is 380 g/mol. The van der Waals surface area contributed by atoms with Crippen molar-refractivity contribution >= 4 is 5.91 Å². The Labute approximate surface area is 157 Å². The number of aliphatic hydroxyl groups excluding tert-OH is 1. The van der Waals surface area contributed by atoms with Crippen molar-refractivity contribution in [3.8, 4) is 0 Å². The summed E-state index contributed by atoms with van der Waals surface area (Å²) in [7, 11) is 0. The zero-order valence-corrected chi connectivity index (χ0v) is 15.2. The summed E-state index contributed by atoms with van der Waals surface area (Å²) in [5.41, 5.74) is 1.08. The third-order valence-corrected chi connectivity index (χ3v) is 5.93. The van der Waals surface area contributed by atoms with E-state index in [1.165, 1.54) is 0 Å². The minimum atomic E-state index is -2.66. The van der Waals surface area contributed by atoms with Crippen molar-refractivity contribution < 1.29 is 23.4 Å². The zero-order chi connectivity index (χ0) is 19.0. The number of hydrogen-bond donors (Lipinski definition) is 2. The van der Waals surface area contributed by atoms with E-state index in [-0.39, 0.29) is 31.4 Å². The molecule has 27 heavy (non-hydrogen) atoms. The third-order valence-electron chi connectivity index (χ3n) is 5.93. The molecule has 7 heteroatoms. The van der Waals surface area contributed by atoms with Crippen molar-refractivity contribution in [2.45, 2.75) is 37.5 Å². The maximum Gasteiger partial charge on any atom is 0.249 e. The van der Waals surface area contributed by atoms with Crippen LogP contribution in [0.3, 0.4) is 0 Å². The number of ether oxygens (including phenoxy) is 1. The summed E-state index contributed by atoms with van der Waals surface area (Å²) in [6.07, 6.45) is -1.18. The molecule has 4 atom stereocenters. The van der Waals surface area contributed by atoms with Gasteiger partial charge in [0.15, 0.2) is 0 Å². The van der Waals surface area contributed by atoms with E-state index >= 15 is 0 Å². The zero-order valence-electron chi connectivity index (χ0n) is 15.2. The van der Waals surface area contributed by atoms with Crippen molar-refractivity contribution in [3.63, 3.8) is 0 Å². The van der Waals surface area contributed by atoms with E-state index < -0.39 is 17.9 Å². The summed E-state index contributed by atoms with van der Waals surface area (Å²) in [5.74, 6) is -2.64. The predicted molar refractivity (Wildman–Crippen MR) is 95.1 cm³/mol. The van der Waals surface area contributed by atoms with Gasteiger partial charge in [0.05, 0.1) is 19.3 Å². The molecule has 1 aliphatic heterocycles. The number of carbonyl (C=O) groups excluding carboxylic acids is 1. The Morgan fingerprint density at radius 3 is 2.56 bits per heavy atom. The monoisotopic (exact) mass is 380 g/mol. The first-order chi connectivity index (χ1) is 12.9. The molecule has 0 bridgehead atoms. The van der Waals surface area contributed by atoms with Crippen LogP contribution in [0.4, 0.5) is 8.78 Å². The topological polar surface area (TPSA) is 61.8 Å². The molecule has 1 heterocycles. The molecule has 1 aromatic carbocycles. The van der Waals surface area contributed by atoms with Crippen LogP contribution in [0.15, 0.2) is 30.3 Å². The van der Waals surface area contributed by atoms with Crippen LogP contribution in [0.2, 0.25) is 0 Å². The van der Waals surface area contributed by atoms with Gasteiger partial charge in [0.1, 0.15) is 0 Å². The van der Waals surface area contributed by atoms with Gasteiger partial charge >= 0.3 is 0 Å². The molecule has 1 aromatic rings. The maximum absolute atomic E-state index is 12.9. The molecule has 0 spiro atoms. The molecule has 1 unspecified atom stereocenters. The third kappa shape index (κ3) is 4.47. The first-order valence-electron chi connectivity index (χ1n) is 9.61. The first kappa shape index (κ1) is 18.8. The van der Waals surface area contributed by atoms with Crippen LogP contribution >= 0.6 is 0 Å². The van der Waals surface area contributed by atoms with Gasteiger partial charge in [-0.2, -0.15) is 0 Å². The average Bonchev–Trinajstić information content (AvgIpc) is 3.04. The lowest BCUT2D eigenvalue weighted by Gasteiger charge is -2.34. The van der Waals surface area contributed by atoms with E-state index in [2.05, 4.69) is 10.2 Å². The van der Waals surface area contributed by atoms with Crippen LogP contribution in [0.1, 0.15) is 18.4 Å². The highest BCUT2D eigenvalue weighted by atomic mass is 19.3. The number of β-amino-alcohol motifs (C(OH)–C–C–N with tert-alkyl or cyclic N) is 1. The smallest absolute Gasteiger partial charge is 0.249 e. The second-order valence-corrected chi connectivity index (χ2v) is 8.20. The van der Waals surface area contributed by atoms with Gasteiger partial charge in [-0.05, 0) is 17.4 Å². The molecule has 1 saturated heterocycles. The van der Waals surface area contributed by atoms with Crippen molar-refractivity contribution in [1.29, 1.82) is 0 Å². The fourth-order valence-electron chi connectivity index (χ4n) is 4.34. The van der Waals surface area contributed by atoms with Gasteiger partial charge in [-0.3, -0.25) is 9.69 Å². The highest BCUT2D eigenvalue weighted by Gasteiger charge is 2.58. The van der Waals surface area contributed by atoms with Crippen LogP contribution in [0.25, 0.3) is 0 Å². The van der Waals surface area contributed by atoms with Crippen molar-refractivity contribution in [1.82, 2.24) is 10.2 Å². The number of piperidine rings is 1. The van der Waals surface area contributed by atoms with Crippen molar-refractivity contribution in [2.75, 3.05) is 26.2 Å². The highest BCUT2D eigenvalue weighted by Crippen LogP contribution is 2.47. The van der Waals surface area contributed by atoms with Crippen LogP contribution < -0.4 is 5.32 Å². The Bertz CT molecular complexity index is 652. The number of fused-ring (bicyclic) bond motifs is 1. The Morgan fingerprint density at radius 2 is 1.93 bits per heavy atom. The minimum absolute atomic E-state index is 0.120. The predicted octanol–water partition coefficient (Wildman–Crippen LogP) is 1.66. The summed E-state index contributed by atoms with van der Waals surface area (Å²) in [6.45, 7) is 2.98. The molecule has 0 aromatic heterocycles. The first-order valence-corrected chi connectivity index (χ1v) is 9.61. The number of nitrogens with one attached hydrogen (secondary N) is 1. The summed E-state index contributed by atoms with van der Waals surface area (Å²) in [4.78, 5) is 14.2. The SMILES string of the molecule is O=C(NC1[C@H]2CN(C[C@@H](O)COCc3ccccc3)C[C@@H]12)C1CC(F)(F)C1. The van der Waals surface area contributed by atoms with E-state index in [9.17, 15) is 18.7 Å². The lowest BCUT2D eigenvalue weighted by atomic mass is 9.81. The second kappa shape index (κ2) is 7.45. The standard InChI is InChI=1S/C20H26F2N2O3/c21-20(22)6-14(7-20)19(26)23-18-16-9-24(10-17(16)18)8-15(25)12-27-11-13-4-2-1-3-5-13/h1-5,14-18,25H,6-12H2,(H,23,26)/t15-,16-,17+,18?/m1/s1. The number of aliphatic hydroxyl groups is 1. The van der Waals surface area contributed by atoms with E-state index in [0.29, 0.717) is 25.0 Å². The van der Waals surface area contributed by atoms with Gasteiger partial charge in [0.2, 0.25) is 11.8 Å². The number of hydrogen-bond acceptors (Lipinski definition) is 4. The number of benzene rings is 1. The number of alkyl halides is 2. The second-order valence-electron chi connectivity index (χ2n) is 8.20. The quantitative estimate of drug-likeness (QED) is 0.720. The number of likely N-dealkylation sites (tertiary alicyclic amines) is 1. The molecule has 148 valence electrons. The normalized spacial score (nSPS) is 30.4. The van der Waals surface area contributed by atoms with Crippen molar-refractivity contribution in [2.24, 2.45) is 17.8 Å². The molecule has 2 saturated carbocycles. The van der Waals surface area contributed by atoms with E-state index in [0.717, 1.165) is 18.7 Å². The number of carbonyl (C=O) groups is 1. The molecule has 1 amide bonds. The summed E-state index contributed by atoms with van der Waals surface area (Å²) < 4.78 is 31.3. The van der Waals surface area contributed by atoms with Crippen molar-refractivity contribution in [3.05, 3.63) is 35.9 Å². The Balaban J connectivity index is 1.11. The van der Waals surface area contributed by atoms with E-state index in [4.69, 9.17) is 4.74 Å². The molecule has 0 radical (unpaired) electrons. The van der Waals surface area contributed by atoms with Gasteiger partial charge in [0.25, 0.3) is 0 Å². The maximum atomic E-state index is 12.9. The van der Waals surface area contributed by atoms with Crippen LogP contribution in [0.5, 0.6) is 0 Å². The fourth-order valence-corrected chi connectivity index (χ4v) is 4.34. The number of rotatable bonds is 8. The van der Waals surface area contributed by atoms with Crippen LogP contribution in [-0.4, -0.2) is 60.2 Å². The molecule has 2 N–H and O–H groups in total. The summed E-state index contributed by atoms with van der Waals surface area (Å²) >= 11 is 0. The Kier molecular flexibility index (Phi) is 5.18. The molecular formula is C20H26F2N2O3. The van der Waals surface area contributed by atoms with Crippen LogP contribution in [0, 0.1) is 17.8 Å². The molecule has 3 aliphatic rings. The summed E-state index contributed by atoms with van der Waals surface area (Å²) in [6, 6.07) is 9.96. The molecule has 2 aliphatic carbocycles. The van der Waals surface area contributed by atoms with Gasteiger partial charge in [-0.25, -0.2) is 8.78 Å². The fraction of sp³-hybridized carbons (Fsp3) is 0.650. The molecule has 5 nitrogen and oxygen atoms in total. The molecule has 4 rings (SSSR count). The van der Waals surface area contributed by atoms with E-state index in [1.807, 2.05) is 30.3 Å². The van der Waals surface area contributed by atoms with Gasteiger partial charge in [0, 0.05) is 44.4 Å². The summed E-state index contributed by atoms with van der Waals surface area (Å²) in [5, 5.41) is 13.1. The minimum Gasteiger partial charge on any atom is -0.389 e. The van der Waals surface area contributed by atoms with Gasteiger partial charge in [-0.15, -0.1) is 0 Å². The number of halogens is 2. The van der Waals surface area contributed by atoms with Gasteiger partial charge < -0.3 is 15.2 Å². The lowest BCUT2D eigenvalue weighted by Crippen LogP contribution is -2.47. The lowest BCUT2D eigenvalue weighted by molar-refractivity contribution is -0.150. The largest absolute Gasteiger partial charge is 0.389 e. The number of nitrogens with zero attached hydrogens (tertiary/aromatic N) is 1. The van der Waals surface area contributed by atoms with Crippen LogP contribution in [-0.2, 0) is 16.1 Å². The number of amides is 1. The highest BCUT2D eigenvalue weighted by molar-refractivity contribution is 5.80. The van der Waals surface area contributed by atoms with E-state index in [1.54, 1.807) is 0 Å².